The topological polar surface area (TPSA) is 68.2 Å². The molecule has 2 N–H and O–H groups in total. The summed E-state index contributed by atoms with van der Waals surface area (Å²) in [6.45, 7) is 3.73. The van der Waals surface area contributed by atoms with Crippen LogP contribution in [0.15, 0.2) is 48.5 Å². The summed E-state index contributed by atoms with van der Waals surface area (Å²) in [6, 6.07) is 13.6. The summed E-state index contributed by atoms with van der Waals surface area (Å²) in [5, 5.41) is 5.92. The van der Waals surface area contributed by atoms with Crippen LogP contribution in [0.3, 0.4) is 0 Å². The van der Waals surface area contributed by atoms with Crippen molar-refractivity contribution < 1.29 is 13.9 Å². The largest absolute Gasteiger partial charge is 0.376 e. The van der Waals surface area contributed by atoms with Gasteiger partial charge in [0.1, 0.15) is 11.6 Å². The Morgan fingerprint density at radius 3 is 2.83 bits per heavy atom. The number of carbonyl (C=O) groups excluding carboxylic acids is 1. The van der Waals surface area contributed by atoms with Gasteiger partial charge in [0.15, 0.2) is 0 Å². The van der Waals surface area contributed by atoms with E-state index >= 15 is 0 Å². The van der Waals surface area contributed by atoms with E-state index in [0.717, 1.165) is 35.3 Å². The second-order valence-corrected chi connectivity index (χ2v) is 7.28. The van der Waals surface area contributed by atoms with Gasteiger partial charge in [-0.2, -0.15) is 0 Å². The van der Waals surface area contributed by atoms with Gasteiger partial charge in [-0.3, -0.25) is 0 Å². The number of aromatic nitrogens is 2. The minimum absolute atomic E-state index is 0.106. The molecule has 6 nitrogen and oxygen atoms in total. The quantitative estimate of drug-likeness (QED) is 0.668. The fraction of sp³-hybridized carbons (Fsp3) is 0.364. The lowest BCUT2D eigenvalue weighted by Gasteiger charge is -2.25. The van der Waals surface area contributed by atoms with Crippen LogP contribution in [0.4, 0.5) is 9.18 Å². The Kier molecular flexibility index (Phi) is 5.76. The van der Waals surface area contributed by atoms with Gasteiger partial charge in [-0.05, 0) is 49.6 Å². The summed E-state index contributed by atoms with van der Waals surface area (Å²) in [5.74, 6) is 0.615. The summed E-state index contributed by atoms with van der Waals surface area (Å²) < 4.78 is 21.2. The lowest BCUT2D eigenvalue weighted by molar-refractivity contribution is 0.0807. The Morgan fingerprint density at radius 1 is 1.28 bits per heavy atom. The normalized spacial score (nSPS) is 17.4. The van der Waals surface area contributed by atoms with Gasteiger partial charge in [-0.1, -0.05) is 24.3 Å². The number of nitrogens with zero attached hydrogens (tertiary/aromatic N) is 2. The van der Waals surface area contributed by atoms with Crippen molar-refractivity contribution in [2.45, 2.75) is 38.5 Å². The van der Waals surface area contributed by atoms with Crippen LogP contribution >= 0.6 is 0 Å². The highest BCUT2D eigenvalue weighted by molar-refractivity contribution is 5.76. The first-order valence-corrected chi connectivity index (χ1v) is 9.95. The first kappa shape index (κ1) is 19.4. The molecule has 1 aliphatic heterocycles. The van der Waals surface area contributed by atoms with Gasteiger partial charge in [-0.25, -0.2) is 14.2 Å². The first-order valence-electron chi connectivity index (χ1n) is 9.95. The number of halogens is 1. The standard InChI is InChI=1S/C22H25FN4O2/c1-15-25-18-5-2-3-6-19(18)27(15)13-12-24-22(28)26-21(20-7-4-14-29-20)16-8-10-17(23)11-9-16/h2-3,5-6,8-11,20-21H,4,7,12-14H2,1H3,(H2,24,26,28). The summed E-state index contributed by atoms with van der Waals surface area (Å²) in [5.41, 5.74) is 2.84. The van der Waals surface area contributed by atoms with Crippen molar-refractivity contribution in [2.75, 3.05) is 13.2 Å². The number of rotatable bonds is 6. The van der Waals surface area contributed by atoms with E-state index in [1.165, 1.54) is 12.1 Å². The number of aryl methyl sites for hydroxylation is 1. The van der Waals surface area contributed by atoms with E-state index in [1.807, 2.05) is 31.2 Å². The van der Waals surface area contributed by atoms with Gasteiger partial charge in [0.2, 0.25) is 0 Å². The van der Waals surface area contributed by atoms with Crippen molar-refractivity contribution in [3.63, 3.8) is 0 Å². The van der Waals surface area contributed by atoms with Crippen molar-refractivity contribution in [2.24, 2.45) is 0 Å². The van der Waals surface area contributed by atoms with Gasteiger partial charge in [-0.15, -0.1) is 0 Å². The Balaban J connectivity index is 1.39. The minimum Gasteiger partial charge on any atom is -0.376 e. The molecule has 7 heteroatoms. The van der Waals surface area contributed by atoms with Crippen molar-refractivity contribution >= 4 is 17.1 Å². The molecule has 0 saturated carbocycles. The molecule has 2 heterocycles. The lowest BCUT2D eigenvalue weighted by Crippen LogP contribution is -2.43. The van der Waals surface area contributed by atoms with Crippen molar-refractivity contribution in [1.29, 1.82) is 0 Å². The Hall–Kier alpha value is -2.93. The third-order valence-corrected chi connectivity index (χ3v) is 5.32. The summed E-state index contributed by atoms with van der Waals surface area (Å²) in [6.07, 6.45) is 1.72. The number of urea groups is 1. The van der Waals surface area contributed by atoms with Gasteiger partial charge in [0, 0.05) is 19.7 Å². The second-order valence-electron chi connectivity index (χ2n) is 7.28. The molecule has 3 aromatic rings. The molecule has 2 atom stereocenters. The van der Waals surface area contributed by atoms with E-state index in [1.54, 1.807) is 12.1 Å². The number of nitrogens with one attached hydrogen (secondary N) is 2. The van der Waals surface area contributed by atoms with Crippen molar-refractivity contribution in [3.05, 3.63) is 65.7 Å². The number of ether oxygens (including phenoxy) is 1. The maximum atomic E-state index is 13.3. The Morgan fingerprint density at radius 2 is 2.07 bits per heavy atom. The lowest BCUT2D eigenvalue weighted by atomic mass is 9.99. The zero-order chi connectivity index (χ0) is 20.2. The van der Waals surface area contributed by atoms with Crippen LogP contribution in [0.2, 0.25) is 0 Å². The monoisotopic (exact) mass is 396 g/mol. The zero-order valence-electron chi connectivity index (χ0n) is 16.4. The zero-order valence-corrected chi connectivity index (χ0v) is 16.4. The SMILES string of the molecule is Cc1nc2ccccc2n1CCNC(=O)NC(c1ccc(F)cc1)C1CCCO1. The molecule has 0 bridgehead atoms. The molecule has 2 unspecified atom stereocenters. The van der Waals surface area contributed by atoms with E-state index in [9.17, 15) is 9.18 Å². The second kappa shape index (κ2) is 8.61. The van der Waals surface area contributed by atoms with Crippen LogP contribution in [-0.2, 0) is 11.3 Å². The average Bonchev–Trinajstić information content (AvgIpc) is 3.35. The highest BCUT2D eigenvalue weighted by atomic mass is 19.1. The van der Waals surface area contributed by atoms with Crippen LogP contribution in [0, 0.1) is 12.7 Å². The number of carbonyl (C=O) groups is 1. The molecule has 152 valence electrons. The van der Waals surface area contributed by atoms with Crippen LogP contribution < -0.4 is 10.6 Å². The maximum Gasteiger partial charge on any atom is 0.315 e. The minimum atomic E-state index is -0.311. The fourth-order valence-corrected chi connectivity index (χ4v) is 3.88. The molecule has 1 fully saturated rings. The molecule has 2 aromatic carbocycles. The average molecular weight is 396 g/mol. The van der Waals surface area contributed by atoms with E-state index < -0.39 is 0 Å². The number of benzene rings is 2. The number of para-hydroxylation sites is 2. The number of fused-ring (bicyclic) bond motifs is 1. The van der Waals surface area contributed by atoms with E-state index in [4.69, 9.17) is 4.74 Å². The molecule has 2 amide bonds. The molecule has 4 rings (SSSR count). The number of amides is 2. The van der Waals surface area contributed by atoms with Crippen LogP contribution in [0.25, 0.3) is 11.0 Å². The molecule has 1 saturated heterocycles. The highest BCUT2D eigenvalue weighted by Gasteiger charge is 2.28. The van der Waals surface area contributed by atoms with Crippen LogP contribution in [0.5, 0.6) is 0 Å². The van der Waals surface area contributed by atoms with Gasteiger partial charge in [0.25, 0.3) is 0 Å². The van der Waals surface area contributed by atoms with Gasteiger partial charge < -0.3 is 19.9 Å². The smallest absolute Gasteiger partial charge is 0.315 e. The maximum absolute atomic E-state index is 13.3. The highest BCUT2D eigenvalue weighted by Crippen LogP contribution is 2.27. The fourth-order valence-electron chi connectivity index (χ4n) is 3.88. The van der Waals surface area contributed by atoms with Crippen LogP contribution in [-0.4, -0.2) is 34.8 Å². The Labute approximate surface area is 169 Å². The van der Waals surface area contributed by atoms with E-state index in [0.29, 0.717) is 19.7 Å². The molecule has 0 radical (unpaired) electrons. The molecule has 1 aliphatic rings. The van der Waals surface area contributed by atoms with Crippen molar-refractivity contribution in [1.82, 2.24) is 20.2 Å². The molecule has 0 spiro atoms. The molecular weight excluding hydrogens is 371 g/mol. The third kappa shape index (κ3) is 4.40. The molecule has 0 aliphatic carbocycles. The predicted octanol–water partition coefficient (Wildman–Crippen LogP) is 3.70. The molecule has 29 heavy (non-hydrogen) atoms. The first-order chi connectivity index (χ1) is 14.1. The summed E-state index contributed by atoms with van der Waals surface area (Å²) in [7, 11) is 0. The number of hydrogen-bond donors (Lipinski definition) is 2. The third-order valence-electron chi connectivity index (χ3n) is 5.32. The van der Waals surface area contributed by atoms with Gasteiger partial charge >= 0.3 is 6.03 Å². The molecule has 1 aromatic heterocycles. The van der Waals surface area contributed by atoms with Crippen molar-refractivity contribution in [3.8, 4) is 0 Å². The van der Waals surface area contributed by atoms with Crippen LogP contribution in [0.1, 0.15) is 30.3 Å². The summed E-state index contributed by atoms with van der Waals surface area (Å²) >= 11 is 0. The van der Waals surface area contributed by atoms with Gasteiger partial charge in [0.05, 0.1) is 23.2 Å². The number of hydrogen-bond acceptors (Lipinski definition) is 3. The summed E-state index contributed by atoms with van der Waals surface area (Å²) in [4.78, 5) is 17.1. The predicted molar refractivity (Wildman–Crippen MR) is 109 cm³/mol. The Bertz CT molecular complexity index is 980. The molecular formula is C22H25FN4O2. The van der Waals surface area contributed by atoms with E-state index in [2.05, 4.69) is 20.2 Å². The number of imidazole rings is 1. The van der Waals surface area contributed by atoms with E-state index in [-0.39, 0.29) is 24.0 Å².